The van der Waals surface area contributed by atoms with Gasteiger partial charge in [-0.25, -0.2) is 4.79 Å². The summed E-state index contributed by atoms with van der Waals surface area (Å²) in [6.45, 7) is 2.54. The predicted octanol–water partition coefficient (Wildman–Crippen LogP) is 2.61. The molecular formula is C17H24N2O2. The third kappa shape index (κ3) is 3.56. The first kappa shape index (κ1) is 14.4. The van der Waals surface area contributed by atoms with Crippen LogP contribution in [0.15, 0.2) is 24.3 Å². The summed E-state index contributed by atoms with van der Waals surface area (Å²) in [5.74, 6) is 0.562. The van der Waals surface area contributed by atoms with Crippen molar-refractivity contribution in [1.82, 2.24) is 10.2 Å². The molecular weight excluding hydrogens is 264 g/mol. The molecule has 1 aromatic rings. The summed E-state index contributed by atoms with van der Waals surface area (Å²) in [6.07, 6.45) is 4.49. The van der Waals surface area contributed by atoms with E-state index in [9.17, 15) is 4.79 Å². The van der Waals surface area contributed by atoms with E-state index in [4.69, 9.17) is 5.11 Å². The number of nitrogens with one attached hydrogen (secondary N) is 1. The van der Waals surface area contributed by atoms with Gasteiger partial charge in [0.25, 0.3) is 0 Å². The molecule has 0 aromatic heterocycles. The van der Waals surface area contributed by atoms with Gasteiger partial charge in [-0.1, -0.05) is 29.8 Å². The minimum absolute atomic E-state index is 0.0241. The zero-order valence-corrected chi connectivity index (χ0v) is 12.6. The molecule has 0 aliphatic heterocycles. The van der Waals surface area contributed by atoms with Crippen molar-refractivity contribution in [1.29, 1.82) is 0 Å². The zero-order chi connectivity index (χ0) is 14.8. The number of aryl methyl sites for hydroxylation is 1. The third-order valence-electron chi connectivity index (χ3n) is 4.40. The summed E-state index contributed by atoms with van der Waals surface area (Å²) in [5.41, 5.74) is 2.43. The van der Waals surface area contributed by atoms with Crippen LogP contribution >= 0.6 is 0 Å². The maximum Gasteiger partial charge on any atom is 0.318 e. The van der Waals surface area contributed by atoms with Crippen molar-refractivity contribution in [2.45, 2.75) is 44.7 Å². The van der Waals surface area contributed by atoms with Crippen LogP contribution in [0.1, 0.15) is 42.9 Å². The number of aliphatic hydroxyl groups excluding tert-OH is 1. The van der Waals surface area contributed by atoms with Crippen LogP contribution in [0, 0.1) is 12.8 Å². The van der Waals surface area contributed by atoms with Gasteiger partial charge in [-0.3, -0.25) is 0 Å². The fourth-order valence-corrected chi connectivity index (χ4v) is 2.84. The molecule has 2 amide bonds. The molecule has 1 atom stereocenters. The Labute approximate surface area is 126 Å². The van der Waals surface area contributed by atoms with Gasteiger partial charge in [0, 0.05) is 12.6 Å². The molecule has 0 radical (unpaired) electrons. The molecule has 4 heteroatoms. The van der Waals surface area contributed by atoms with E-state index >= 15 is 0 Å². The van der Waals surface area contributed by atoms with E-state index in [-0.39, 0.29) is 18.7 Å². The van der Waals surface area contributed by atoms with E-state index in [2.05, 4.69) is 36.5 Å². The lowest BCUT2D eigenvalue weighted by molar-refractivity contribution is 0.169. The summed E-state index contributed by atoms with van der Waals surface area (Å²) < 4.78 is 0. The molecule has 2 aliphatic carbocycles. The smallest absolute Gasteiger partial charge is 0.318 e. The van der Waals surface area contributed by atoms with Gasteiger partial charge in [0.1, 0.15) is 0 Å². The number of hydrogen-bond donors (Lipinski definition) is 2. The van der Waals surface area contributed by atoms with Crippen molar-refractivity contribution in [2.24, 2.45) is 5.92 Å². The van der Waals surface area contributed by atoms with Crippen LogP contribution in [-0.2, 0) is 0 Å². The van der Waals surface area contributed by atoms with Crippen LogP contribution in [0.5, 0.6) is 0 Å². The number of rotatable bonds is 6. The predicted molar refractivity (Wildman–Crippen MR) is 82.0 cm³/mol. The molecule has 2 fully saturated rings. The molecule has 114 valence electrons. The second kappa shape index (κ2) is 6.06. The highest BCUT2D eigenvalue weighted by molar-refractivity contribution is 5.75. The largest absolute Gasteiger partial charge is 0.395 e. The van der Waals surface area contributed by atoms with Gasteiger partial charge in [0.15, 0.2) is 0 Å². The van der Waals surface area contributed by atoms with Crippen molar-refractivity contribution in [2.75, 3.05) is 13.2 Å². The first-order valence-electron chi connectivity index (χ1n) is 7.93. The van der Waals surface area contributed by atoms with Crippen LogP contribution in [0.4, 0.5) is 4.79 Å². The molecule has 0 bridgehead atoms. The maximum absolute atomic E-state index is 12.5. The number of nitrogens with zero attached hydrogens (tertiary/aromatic N) is 1. The molecule has 3 rings (SSSR count). The molecule has 0 spiro atoms. The second-order valence-corrected chi connectivity index (χ2v) is 6.32. The second-order valence-electron chi connectivity index (χ2n) is 6.32. The van der Waals surface area contributed by atoms with Gasteiger partial charge in [-0.15, -0.1) is 0 Å². The lowest BCUT2D eigenvalue weighted by Crippen LogP contribution is -2.44. The first-order chi connectivity index (χ1) is 10.2. The summed E-state index contributed by atoms with van der Waals surface area (Å²) >= 11 is 0. The fourth-order valence-electron chi connectivity index (χ4n) is 2.84. The average Bonchev–Trinajstić information content (AvgIpc) is 3.36. The van der Waals surface area contributed by atoms with E-state index in [0.29, 0.717) is 18.5 Å². The molecule has 21 heavy (non-hydrogen) atoms. The first-order valence-corrected chi connectivity index (χ1v) is 7.93. The number of carbonyl (C=O) groups is 1. The van der Waals surface area contributed by atoms with Gasteiger partial charge in [0.05, 0.1) is 12.6 Å². The number of urea groups is 1. The van der Waals surface area contributed by atoms with Crippen molar-refractivity contribution < 1.29 is 9.90 Å². The highest BCUT2D eigenvalue weighted by Crippen LogP contribution is 2.41. The van der Waals surface area contributed by atoms with Crippen LogP contribution in [0.25, 0.3) is 0 Å². The lowest BCUT2D eigenvalue weighted by atomic mass is 10.0. The average molecular weight is 288 g/mol. The molecule has 2 aliphatic rings. The van der Waals surface area contributed by atoms with E-state index in [1.165, 1.54) is 24.0 Å². The normalized spacial score (nSPS) is 19.1. The van der Waals surface area contributed by atoms with Gasteiger partial charge < -0.3 is 15.3 Å². The molecule has 2 N–H and O–H groups in total. The quantitative estimate of drug-likeness (QED) is 0.845. The molecule has 4 nitrogen and oxygen atoms in total. The Morgan fingerprint density at radius 2 is 1.95 bits per heavy atom. The van der Waals surface area contributed by atoms with Crippen LogP contribution < -0.4 is 5.32 Å². The number of aliphatic hydroxyl groups is 1. The third-order valence-corrected chi connectivity index (χ3v) is 4.40. The minimum atomic E-state index is -0.0241. The Hall–Kier alpha value is -1.55. The highest BCUT2D eigenvalue weighted by Gasteiger charge is 2.37. The zero-order valence-electron chi connectivity index (χ0n) is 12.6. The SMILES string of the molecule is Cc1ccc(C(NC(=O)N(CCO)C2CC2)C2CC2)cc1. The van der Waals surface area contributed by atoms with Gasteiger partial charge in [0.2, 0.25) is 0 Å². The topological polar surface area (TPSA) is 52.6 Å². The molecule has 2 saturated carbocycles. The van der Waals surface area contributed by atoms with E-state index < -0.39 is 0 Å². The van der Waals surface area contributed by atoms with Crippen LogP contribution in [0.2, 0.25) is 0 Å². The highest BCUT2D eigenvalue weighted by atomic mass is 16.3. The van der Waals surface area contributed by atoms with Crippen LogP contribution in [-0.4, -0.2) is 35.2 Å². The summed E-state index contributed by atoms with van der Waals surface area (Å²) in [6, 6.07) is 8.85. The molecule has 1 unspecified atom stereocenters. The monoisotopic (exact) mass is 288 g/mol. The lowest BCUT2D eigenvalue weighted by Gasteiger charge is -2.26. The maximum atomic E-state index is 12.5. The molecule has 0 heterocycles. The Bertz CT molecular complexity index is 492. The Morgan fingerprint density at radius 1 is 1.29 bits per heavy atom. The molecule has 0 saturated heterocycles. The Kier molecular flexibility index (Phi) is 4.15. The Morgan fingerprint density at radius 3 is 2.48 bits per heavy atom. The minimum Gasteiger partial charge on any atom is -0.395 e. The van der Waals surface area contributed by atoms with Crippen molar-refractivity contribution in [3.63, 3.8) is 0 Å². The van der Waals surface area contributed by atoms with Crippen LogP contribution in [0.3, 0.4) is 0 Å². The summed E-state index contributed by atoms with van der Waals surface area (Å²) in [7, 11) is 0. The standard InChI is InChI=1S/C17H24N2O2/c1-12-2-4-13(5-3-12)16(14-6-7-14)18-17(21)19(10-11-20)15-8-9-15/h2-5,14-16,20H,6-11H2,1H3,(H,18,21). The summed E-state index contributed by atoms with van der Waals surface area (Å²) in [5, 5.41) is 12.3. The van der Waals surface area contributed by atoms with E-state index in [1.807, 2.05) is 0 Å². The Balaban J connectivity index is 1.69. The summed E-state index contributed by atoms with van der Waals surface area (Å²) in [4.78, 5) is 14.3. The number of benzene rings is 1. The van der Waals surface area contributed by atoms with Gasteiger partial charge >= 0.3 is 6.03 Å². The van der Waals surface area contributed by atoms with Gasteiger partial charge in [-0.05, 0) is 44.1 Å². The molecule has 1 aromatic carbocycles. The van der Waals surface area contributed by atoms with Crippen molar-refractivity contribution in [3.05, 3.63) is 35.4 Å². The number of amides is 2. The van der Waals surface area contributed by atoms with Crippen molar-refractivity contribution in [3.8, 4) is 0 Å². The van der Waals surface area contributed by atoms with E-state index in [1.54, 1.807) is 4.90 Å². The van der Waals surface area contributed by atoms with Gasteiger partial charge in [-0.2, -0.15) is 0 Å². The number of hydrogen-bond acceptors (Lipinski definition) is 2. The van der Waals surface area contributed by atoms with E-state index in [0.717, 1.165) is 12.8 Å². The fraction of sp³-hybridized carbons (Fsp3) is 0.588. The number of carbonyl (C=O) groups excluding carboxylic acids is 1. The van der Waals surface area contributed by atoms with Crippen molar-refractivity contribution >= 4 is 6.03 Å².